The van der Waals surface area contributed by atoms with E-state index >= 15 is 0 Å². The van der Waals surface area contributed by atoms with E-state index < -0.39 is 0 Å². The minimum absolute atomic E-state index is 0.116. The molecule has 0 spiro atoms. The first kappa shape index (κ1) is 16.6. The van der Waals surface area contributed by atoms with Crippen molar-refractivity contribution in [1.82, 2.24) is 0 Å². The molecule has 4 heteroatoms. The number of aryl methyl sites for hydroxylation is 1. The van der Waals surface area contributed by atoms with E-state index in [1.807, 2.05) is 0 Å². The monoisotopic (exact) mass is 320 g/mol. The molecule has 0 aromatic heterocycles. The van der Waals surface area contributed by atoms with Crippen molar-refractivity contribution in [2.75, 3.05) is 13.2 Å². The molecule has 0 N–H and O–H groups in total. The van der Waals surface area contributed by atoms with Crippen molar-refractivity contribution in [3.63, 3.8) is 0 Å². The van der Waals surface area contributed by atoms with E-state index in [1.165, 1.54) is 12.8 Å². The third kappa shape index (κ3) is 3.99. The Hall–Kier alpha value is -1.26. The molecule has 4 nitrogen and oxygen atoms in total. The zero-order valence-corrected chi connectivity index (χ0v) is 14.5. The number of hydrogen-bond donors (Lipinski definition) is 0. The molecule has 0 saturated carbocycles. The maximum Gasteiger partial charge on any atom is 0.199 e. The summed E-state index contributed by atoms with van der Waals surface area (Å²) >= 11 is 0. The Kier molecular flexibility index (Phi) is 5.44. The summed E-state index contributed by atoms with van der Waals surface area (Å²) < 4.78 is 23.6. The van der Waals surface area contributed by atoms with Gasteiger partial charge in [0.1, 0.15) is 11.5 Å². The Morgan fingerprint density at radius 3 is 2.00 bits per heavy atom. The second kappa shape index (κ2) is 7.54. The highest BCUT2D eigenvalue weighted by Gasteiger charge is 2.21. The van der Waals surface area contributed by atoms with Gasteiger partial charge < -0.3 is 18.9 Å². The van der Waals surface area contributed by atoms with E-state index in [-0.39, 0.29) is 12.6 Å². The topological polar surface area (TPSA) is 36.9 Å². The number of rotatable bonds is 4. The fourth-order valence-electron chi connectivity index (χ4n) is 3.21. The van der Waals surface area contributed by atoms with Crippen LogP contribution in [0.15, 0.2) is 6.07 Å². The molecule has 2 unspecified atom stereocenters. The molecule has 3 rings (SSSR count). The van der Waals surface area contributed by atoms with Crippen LogP contribution in [0.2, 0.25) is 0 Å². The van der Waals surface area contributed by atoms with Crippen molar-refractivity contribution in [2.45, 2.75) is 71.9 Å². The summed E-state index contributed by atoms with van der Waals surface area (Å²) in [5.74, 6) is 1.84. The van der Waals surface area contributed by atoms with Gasteiger partial charge in [0.2, 0.25) is 0 Å². The number of hydrogen-bond acceptors (Lipinski definition) is 4. The van der Waals surface area contributed by atoms with Crippen LogP contribution in [0, 0.1) is 20.8 Å². The Labute approximate surface area is 139 Å². The van der Waals surface area contributed by atoms with Gasteiger partial charge in [0.15, 0.2) is 12.6 Å². The van der Waals surface area contributed by atoms with E-state index in [2.05, 4.69) is 26.8 Å². The molecule has 23 heavy (non-hydrogen) atoms. The summed E-state index contributed by atoms with van der Waals surface area (Å²) in [6.45, 7) is 7.83. The molecule has 0 aliphatic carbocycles. The zero-order valence-electron chi connectivity index (χ0n) is 14.5. The number of benzene rings is 1. The van der Waals surface area contributed by atoms with E-state index in [0.717, 1.165) is 67.1 Å². The molecule has 1 aromatic carbocycles. The van der Waals surface area contributed by atoms with Crippen LogP contribution in [-0.2, 0) is 9.47 Å². The summed E-state index contributed by atoms with van der Waals surface area (Å²) in [6, 6.07) is 2.07. The van der Waals surface area contributed by atoms with Crippen LogP contribution in [0.3, 0.4) is 0 Å². The van der Waals surface area contributed by atoms with Crippen molar-refractivity contribution < 1.29 is 18.9 Å². The van der Waals surface area contributed by atoms with E-state index in [0.29, 0.717) is 0 Å². The Bertz CT molecular complexity index is 529. The summed E-state index contributed by atoms with van der Waals surface area (Å²) in [5.41, 5.74) is 3.34. The molecule has 2 saturated heterocycles. The van der Waals surface area contributed by atoms with Crippen molar-refractivity contribution in [3.8, 4) is 11.5 Å². The minimum Gasteiger partial charge on any atom is -0.465 e. The summed E-state index contributed by atoms with van der Waals surface area (Å²) in [6.07, 6.45) is 6.29. The van der Waals surface area contributed by atoms with Gasteiger partial charge in [-0.25, -0.2) is 0 Å². The maximum absolute atomic E-state index is 6.13. The van der Waals surface area contributed by atoms with Crippen molar-refractivity contribution >= 4 is 0 Å². The SMILES string of the molecule is Cc1cc(OC2CCCCO2)c(C)c(C)c1OC1CCCCO1. The van der Waals surface area contributed by atoms with Crippen LogP contribution in [0.5, 0.6) is 11.5 Å². The van der Waals surface area contributed by atoms with Gasteiger partial charge in [-0.2, -0.15) is 0 Å². The fraction of sp³-hybridized carbons (Fsp3) is 0.684. The largest absolute Gasteiger partial charge is 0.465 e. The second-order valence-corrected chi connectivity index (χ2v) is 6.60. The van der Waals surface area contributed by atoms with Crippen LogP contribution >= 0.6 is 0 Å². The van der Waals surface area contributed by atoms with E-state index in [9.17, 15) is 0 Å². The normalized spacial score (nSPS) is 25.2. The van der Waals surface area contributed by atoms with Gasteiger partial charge in [0.05, 0.1) is 13.2 Å². The molecule has 2 atom stereocenters. The van der Waals surface area contributed by atoms with Gasteiger partial charge in [-0.1, -0.05) is 0 Å². The molecular formula is C19H28O4. The van der Waals surface area contributed by atoms with E-state index in [1.54, 1.807) is 0 Å². The van der Waals surface area contributed by atoms with Crippen molar-refractivity contribution in [1.29, 1.82) is 0 Å². The van der Waals surface area contributed by atoms with Crippen LogP contribution in [0.25, 0.3) is 0 Å². The molecule has 2 fully saturated rings. The summed E-state index contributed by atoms with van der Waals surface area (Å²) in [7, 11) is 0. The van der Waals surface area contributed by atoms with Gasteiger partial charge in [0.25, 0.3) is 0 Å². The van der Waals surface area contributed by atoms with Crippen molar-refractivity contribution in [3.05, 3.63) is 22.8 Å². The lowest BCUT2D eigenvalue weighted by atomic mass is 10.0. The lowest BCUT2D eigenvalue weighted by Crippen LogP contribution is -2.26. The number of ether oxygens (including phenoxy) is 4. The van der Waals surface area contributed by atoms with E-state index in [4.69, 9.17) is 18.9 Å². The fourth-order valence-corrected chi connectivity index (χ4v) is 3.21. The highest BCUT2D eigenvalue weighted by Crippen LogP contribution is 2.35. The third-order valence-corrected chi connectivity index (χ3v) is 4.76. The first-order chi connectivity index (χ1) is 11.1. The van der Waals surface area contributed by atoms with Crippen LogP contribution in [0.1, 0.15) is 55.2 Å². The molecule has 0 radical (unpaired) electrons. The van der Waals surface area contributed by atoms with Gasteiger partial charge in [-0.15, -0.1) is 0 Å². The molecular weight excluding hydrogens is 292 g/mol. The van der Waals surface area contributed by atoms with Gasteiger partial charge in [-0.3, -0.25) is 0 Å². The van der Waals surface area contributed by atoms with Gasteiger partial charge in [-0.05, 0) is 69.2 Å². The van der Waals surface area contributed by atoms with Crippen LogP contribution in [-0.4, -0.2) is 25.8 Å². The lowest BCUT2D eigenvalue weighted by Gasteiger charge is -2.28. The molecule has 2 aliphatic heterocycles. The molecule has 2 aliphatic rings. The predicted molar refractivity (Wildman–Crippen MR) is 89.1 cm³/mol. The van der Waals surface area contributed by atoms with Gasteiger partial charge in [0, 0.05) is 12.8 Å². The van der Waals surface area contributed by atoms with Gasteiger partial charge >= 0.3 is 0 Å². The maximum atomic E-state index is 6.13. The Morgan fingerprint density at radius 2 is 1.43 bits per heavy atom. The standard InChI is InChI=1S/C19H28O4/c1-13-12-16(22-17-8-4-6-10-20-17)14(2)15(3)19(13)23-18-9-5-7-11-21-18/h12,17-18H,4-11H2,1-3H3. The van der Waals surface area contributed by atoms with Crippen LogP contribution in [0.4, 0.5) is 0 Å². The Morgan fingerprint density at radius 1 is 0.826 bits per heavy atom. The molecule has 0 bridgehead atoms. The minimum atomic E-state index is -0.117. The first-order valence-electron chi connectivity index (χ1n) is 8.82. The Balaban J connectivity index is 1.75. The quantitative estimate of drug-likeness (QED) is 0.823. The second-order valence-electron chi connectivity index (χ2n) is 6.60. The van der Waals surface area contributed by atoms with Crippen LogP contribution < -0.4 is 9.47 Å². The summed E-state index contributed by atoms with van der Waals surface area (Å²) in [5, 5.41) is 0. The smallest absolute Gasteiger partial charge is 0.199 e. The summed E-state index contributed by atoms with van der Waals surface area (Å²) in [4.78, 5) is 0. The molecule has 1 aromatic rings. The average Bonchev–Trinajstić information content (AvgIpc) is 2.58. The van der Waals surface area contributed by atoms with Crippen molar-refractivity contribution in [2.24, 2.45) is 0 Å². The predicted octanol–water partition coefficient (Wildman–Crippen LogP) is 4.42. The zero-order chi connectivity index (χ0) is 16.2. The third-order valence-electron chi connectivity index (χ3n) is 4.76. The highest BCUT2D eigenvalue weighted by molar-refractivity contribution is 5.52. The molecule has 128 valence electrons. The highest BCUT2D eigenvalue weighted by atomic mass is 16.7. The first-order valence-corrected chi connectivity index (χ1v) is 8.82. The molecule has 0 amide bonds. The average molecular weight is 320 g/mol. The molecule has 2 heterocycles. The lowest BCUT2D eigenvalue weighted by molar-refractivity contribution is -0.108.